The molecule has 1 aromatic rings. The molecule has 1 aliphatic rings. The summed E-state index contributed by atoms with van der Waals surface area (Å²) < 4.78 is 0. The summed E-state index contributed by atoms with van der Waals surface area (Å²) >= 11 is 0. The van der Waals surface area contributed by atoms with Crippen LogP contribution < -0.4 is 5.32 Å². The molecule has 0 aliphatic carbocycles. The highest BCUT2D eigenvalue weighted by Crippen LogP contribution is 2.15. The van der Waals surface area contributed by atoms with Crippen molar-refractivity contribution in [1.82, 2.24) is 15.1 Å². The molecule has 0 bridgehead atoms. The number of non-ortho nitro benzene ring substituents is 1. The summed E-state index contributed by atoms with van der Waals surface area (Å²) in [6.07, 6.45) is 1.31. The van der Waals surface area contributed by atoms with E-state index in [2.05, 4.69) is 5.32 Å². The minimum absolute atomic E-state index is 0. The molecule has 1 aromatic carbocycles. The van der Waals surface area contributed by atoms with Crippen LogP contribution in [0, 0.1) is 10.1 Å². The van der Waals surface area contributed by atoms with Crippen LogP contribution in [0.2, 0.25) is 0 Å². The number of hydrogen-bond donors (Lipinski definition) is 1. The quantitative estimate of drug-likeness (QED) is 0.462. The van der Waals surface area contributed by atoms with Gasteiger partial charge in [0.05, 0.1) is 4.92 Å². The van der Waals surface area contributed by atoms with Crippen LogP contribution in [0.5, 0.6) is 0 Å². The number of nitro groups is 1. The molecule has 138 valence electrons. The number of benzene rings is 1. The van der Waals surface area contributed by atoms with Gasteiger partial charge in [0.25, 0.3) is 11.6 Å². The predicted octanol–water partition coefficient (Wildman–Crippen LogP) is 1.30. The second-order valence-corrected chi connectivity index (χ2v) is 5.68. The molecule has 1 N–H and O–H groups in total. The normalized spacial score (nSPS) is 14.0. The smallest absolute Gasteiger partial charge is 0.269 e. The number of nitrogens with zero attached hydrogens (tertiary/aromatic N) is 3. The fourth-order valence-electron chi connectivity index (χ4n) is 2.64. The molecule has 0 atom stereocenters. The van der Waals surface area contributed by atoms with Crippen molar-refractivity contribution in [2.75, 3.05) is 39.8 Å². The van der Waals surface area contributed by atoms with E-state index < -0.39 is 4.92 Å². The topological polar surface area (TPSA) is 95.8 Å². The third-order valence-electron chi connectivity index (χ3n) is 4.06. The Balaban J connectivity index is 0.00000312. The molecule has 25 heavy (non-hydrogen) atoms. The molecule has 1 heterocycles. The van der Waals surface area contributed by atoms with Crippen molar-refractivity contribution >= 4 is 29.9 Å². The zero-order valence-electron chi connectivity index (χ0n) is 14.1. The van der Waals surface area contributed by atoms with Gasteiger partial charge in [0.15, 0.2) is 0 Å². The van der Waals surface area contributed by atoms with Crippen molar-refractivity contribution in [1.29, 1.82) is 0 Å². The molecule has 0 saturated carbocycles. The van der Waals surface area contributed by atoms with Crippen molar-refractivity contribution in [2.45, 2.75) is 12.8 Å². The van der Waals surface area contributed by atoms with E-state index in [1.807, 2.05) is 7.05 Å². The summed E-state index contributed by atoms with van der Waals surface area (Å²) in [7, 11) is 1.85. The third kappa shape index (κ3) is 5.68. The lowest BCUT2D eigenvalue weighted by Gasteiger charge is -2.35. The van der Waals surface area contributed by atoms with E-state index in [1.54, 1.807) is 9.80 Å². The van der Waals surface area contributed by atoms with E-state index in [9.17, 15) is 19.7 Å². The Morgan fingerprint density at radius 3 is 2.20 bits per heavy atom. The number of piperazine rings is 1. The van der Waals surface area contributed by atoms with Crippen molar-refractivity contribution in [3.05, 3.63) is 39.9 Å². The molecular formula is C16H23ClN4O4. The Bertz CT molecular complexity index is 601. The SMILES string of the molecule is CNCCCC(=O)N1CCN(C(=O)c2ccc([N+](=O)[O-])cc2)CC1.Cl. The Morgan fingerprint density at radius 2 is 1.68 bits per heavy atom. The van der Waals surface area contributed by atoms with Gasteiger partial charge in [0.2, 0.25) is 5.91 Å². The second-order valence-electron chi connectivity index (χ2n) is 5.68. The van der Waals surface area contributed by atoms with E-state index in [-0.39, 0.29) is 29.9 Å². The lowest BCUT2D eigenvalue weighted by Crippen LogP contribution is -2.50. The van der Waals surface area contributed by atoms with Gasteiger partial charge in [-0.3, -0.25) is 19.7 Å². The predicted molar refractivity (Wildman–Crippen MR) is 96.0 cm³/mol. The van der Waals surface area contributed by atoms with Crippen molar-refractivity contribution < 1.29 is 14.5 Å². The third-order valence-corrected chi connectivity index (χ3v) is 4.06. The van der Waals surface area contributed by atoms with Gasteiger partial charge in [-0.15, -0.1) is 12.4 Å². The number of carbonyl (C=O) groups is 2. The second kappa shape index (κ2) is 9.95. The first-order valence-electron chi connectivity index (χ1n) is 7.99. The molecule has 0 aromatic heterocycles. The molecule has 9 heteroatoms. The number of halogens is 1. The summed E-state index contributed by atoms with van der Waals surface area (Å²) in [5.74, 6) is -0.0418. The molecule has 1 saturated heterocycles. The number of amides is 2. The average molecular weight is 371 g/mol. The standard InChI is InChI=1S/C16H22N4O4.ClH/c1-17-8-2-3-15(21)18-9-11-19(12-10-18)16(22)13-4-6-14(7-5-13)20(23)24;/h4-7,17H,2-3,8-12H2,1H3;1H. The van der Waals surface area contributed by atoms with Crippen molar-refractivity contribution in [3.63, 3.8) is 0 Å². The van der Waals surface area contributed by atoms with Crippen LogP contribution in [0.25, 0.3) is 0 Å². The van der Waals surface area contributed by atoms with E-state index in [0.717, 1.165) is 13.0 Å². The van der Waals surface area contributed by atoms with Crippen LogP contribution in [0.4, 0.5) is 5.69 Å². The van der Waals surface area contributed by atoms with Crippen molar-refractivity contribution in [3.8, 4) is 0 Å². The van der Waals surface area contributed by atoms with Gasteiger partial charge in [-0.05, 0) is 32.1 Å². The van der Waals surface area contributed by atoms with Gasteiger partial charge in [-0.2, -0.15) is 0 Å². The zero-order valence-corrected chi connectivity index (χ0v) is 15.0. The molecule has 0 unspecified atom stereocenters. The van der Waals surface area contributed by atoms with E-state index in [0.29, 0.717) is 38.2 Å². The molecular weight excluding hydrogens is 348 g/mol. The number of rotatable bonds is 6. The first-order valence-corrected chi connectivity index (χ1v) is 7.99. The molecule has 1 fully saturated rings. The molecule has 2 amide bonds. The maximum absolute atomic E-state index is 12.4. The van der Waals surface area contributed by atoms with E-state index in [4.69, 9.17) is 0 Å². The van der Waals surface area contributed by atoms with Crippen LogP contribution >= 0.6 is 12.4 Å². The Labute approximate surface area is 152 Å². The number of nitro benzene ring substituents is 1. The van der Waals surface area contributed by atoms with Crippen molar-refractivity contribution in [2.24, 2.45) is 0 Å². The maximum atomic E-state index is 12.4. The Hall–Kier alpha value is -2.19. The van der Waals surface area contributed by atoms with E-state index in [1.165, 1.54) is 24.3 Å². The number of nitrogens with one attached hydrogen (secondary N) is 1. The molecule has 0 radical (unpaired) electrons. The summed E-state index contributed by atoms with van der Waals surface area (Å²) in [5.41, 5.74) is 0.387. The van der Waals surface area contributed by atoms with Gasteiger partial charge in [0, 0.05) is 50.3 Å². The van der Waals surface area contributed by atoms with Gasteiger partial charge in [0.1, 0.15) is 0 Å². The largest absolute Gasteiger partial charge is 0.339 e. The minimum Gasteiger partial charge on any atom is -0.339 e. The number of hydrogen-bond acceptors (Lipinski definition) is 5. The van der Waals surface area contributed by atoms with E-state index >= 15 is 0 Å². The summed E-state index contributed by atoms with van der Waals surface area (Å²) in [4.78, 5) is 38.1. The van der Waals surface area contributed by atoms with Crippen LogP contribution in [-0.4, -0.2) is 66.3 Å². The molecule has 2 rings (SSSR count). The summed E-state index contributed by atoms with van der Waals surface area (Å²) in [5, 5.41) is 13.7. The van der Waals surface area contributed by atoms with Crippen LogP contribution in [0.15, 0.2) is 24.3 Å². The zero-order chi connectivity index (χ0) is 17.5. The fraction of sp³-hybridized carbons (Fsp3) is 0.500. The Morgan fingerprint density at radius 1 is 1.12 bits per heavy atom. The first-order chi connectivity index (χ1) is 11.5. The molecule has 0 spiro atoms. The fourth-order valence-corrected chi connectivity index (χ4v) is 2.64. The van der Waals surface area contributed by atoms with Crippen LogP contribution in [-0.2, 0) is 4.79 Å². The number of carbonyl (C=O) groups excluding carboxylic acids is 2. The Kier molecular flexibility index (Phi) is 8.30. The lowest BCUT2D eigenvalue weighted by atomic mass is 10.1. The molecule has 1 aliphatic heterocycles. The van der Waals surface area contributed by atoms with Gasteiger partial charge in [-0.1, -0.05) is 0 Å². The summed E-state index contributed by atoms with van der Waals surface area (Å²) in [6, 6.07) is 5.59. The highest BCUT2D eigenvalue weighted by Gasteiger charge is 2.24. The molecule has 8 nitrogen and oxygen atoms in total. The lowest BCUT2D eigenvalue weighted by molar-refractivity contribution is -0.384. The highest BCUT2D eigenvalue weighted by atomic mass is 35.5. The maximum Gasteiger partial charge on any atom is 0.269 e. The van der Waals surface area contributed by atoms with Gasteiger partial charge >= 0.3 is 0 Å². The average Bonchev–Trinajstić information content (AvgIpc) is 2.61. The van der Waals surface area contributed by atoms with Gasteiger partial charge in [-0.25, -0.2) is 0 Å². The summed E-state index contributed by atoms with van der Waals surface area (Å²) in [6.45, 7) is 2.82. The highest BCUT2D eigenvalue weighted by molar-refractivity contribution is 5.94. The monoisotopic (exact) mass is 370 g/mol. The van der Waals surface area contributed by atoms with Crippen LogP contribution in [0.1, 0.15) is 23.2 Å². The minimum atomic E-state index is -0.493. The first kappa shape index (κ1) is 20.9. The van der Waals surface area contributed by atoms with Gasteiger partial charge < -0.3 is 15.1 Å². The van der Waals surface area contributed by atoms with Crippen LogP contribution in [0.3, 0.4) is 0 Å².